The highest BCUT2D eigenvalue weighted by Gasteiger charge is 2.26. The minimum atomic E-state index is -3.78. The van der Waals surface area contributed by atoms with Crippen LogP contribution >= 0.6 is 0 Å². The van der Waals surface area contributed by atoms with Crippen molar-refractivity contribution in [1.82, 2.24) is 10.0 Å². The Morgan fingerprint density at radius 1 is 1.03 bits per heavy atom. The van der Waals surface area contributed by atoms with E-state index < -0.39 is 16.1 Å². The molecular weight excluding hydrogens is 388 g/mol. The third-order valence-electron chi connectivity index (χ3n) is 4.52. The first kappa shape index (κ1) is 22.9. The number of benzene rings is 2. The zero-order valence-electron chi connectivity index (χ0n) is 17.4. The van der Waals surface area contributed by atoms with Crippen molar-refractivity contribution in [1.29, 1.82) is 0 Å². The van der Waals surface area contributed by atoms with Gasteiger partial charge in [-0.25, -0.2) is 8.42 Å². The van der Waals surface area contributed by atoms with Gasteiger partial charge in [-0.1, -0.05) is 43.7 Å². The minimum Gasteiger partial charge on any atom is -0.497 e. The lowest BCUT2D eigenvalue weighted by Crippen LogP contribution is -2.47. The van der Waals surface area contributed by atoms with Gasteiger partial charge in [-0.05, 0) is 55.5 Å². The SMILES string of the molecule is COc1ccc(CCNC(=O)C(CC(C)C)NS(=O)(=O)c2ccc(C)cc2)cc1. The van der Waals surface area contributed by atoms with Crippen LogP contribution < -0.4 is 14.8 Å². The van der Waals surface area contributed by atoms with Crippen LogP contribution in [0.3, 0.4) is 0 Å². The molecule has 7 heteroatoms. The number of methoxy groups -OCH3 is 1. The van der Waals surface area contributed by atoms with Gasteiger partial charge >= 0.3 is 0 Å². The minimum absolute atomic E-state index is 0.155. The van der Waals surface area contributed by atoms with E-state index in [0.717, 1.165) is 16.9 Å². The quantitative estimate of drug-likeness (QED) is 0.621. The Hall–Kier alpha value is -2.38. The van der Waals surface area contributed by atoms with Gasteiger partial charge in [0.05, 0.1) is 12.0 Å². The molecule has 158 valence electrons. The summed E-state index contributed by atoms with van der Waals surface area (Å²) >= 11 is 0. The molecule has 2 N–H and O–H groups in total. The first-order chi connectivity index (χ1) is 13.7. The molecule has 0 saturated carbocycles. The molecule has 1 atom stereocenters. The van der Waals surface area contributed by atoms with Crippen molar-refractivity contribution < 1.29 is 17.9 Å². The second-order valence-electron chi connectivity index (χ2n) is 7.51. The molecule has 0 aliphatic heterocycles. The molecular formula is C22H30N2O4S. The van der Waals surface area contributed by atoms with E-state index in [1.807, 2.05) is 45.0 Å². The summed E-state index contributed by atoms with van der Waals surface area (Å²) in [6, 6.07) is 13.4. The largest absolute Gasteiger partial charge is 0.497 e. The van der Waals surface area contributed by atoms with Crippen LogP contribution in [0.15, 0.2) is 53.4 Å². The highest BCUT2D eigenvalue weighted by Crippen LogP contribution is 2.14. The molecule has 0 bridgehead atoms. The molecule has 0 aliphatic carbocycles. The zero-order chi connectivity index (χ0) is 21.4. The average molecular weight is 419 g/mol. The predicted molar refractivity (Wildman–Crippen MR) is 114 cm³/mol. The second-order valence-corrected chi connectivity index (χ2v) is 9.22. The summed E-state index contributed by atoms with van der Waals surface area (Å²) in [4.78, 5) is 12.8. The van der Waals surface area contributed by atoms with Crippen molar-refractivity contribution in [2.45, 2.75) is 44.6 Å². The van der Waals surface area contributed by atoms with E-state index in [1.165, 1.54) is 0 Å². The van der Waals surface area contributed by atoms with Gasteiger partial charge in [0.25, 0.3) is 0 Å². The molecule has 0 fully saturated rings. The number of rotatable bonds is 10. The Kier molecular flexibility index (Phi) is 8.22. The van der Waals surface area contributed by atoms with Crippen molar-refractivity contribution >= 4 is 15.9 Å². The third-order valence-corrected chi connectivity index (χ3v) is 6.01. The maximum absolute atomic E-state index is 12.7. The molecule has 0 aromatic heterocycles. The number of hydrogen-bond donors (Lipinski definition) is 2. The molecule has 1 unspecified atom stereocenters. The van der Waals surface area contributed by atoms with Gasteiger partial charge in [0.15, 0.2) is 0 Å². The Morgan fingerprint density at radius 2 is 1.66 bits per heavy atom. The van der Waals surface area contributed by atoms with Crippen molar-refractivity contribution in [3.8, 4) is 5.75 Å². The fourth-order valence-electron chi connectivity index (χ4n) is 2.90. The number of aryl methyl sites for hydroxylation is 1. The number of sulfonamides is 1. The van der Waals surface area contributed by atoms with Crippen LogP contribution in [-0.4, -0.2) is 34.0 Å². The van der Waals surface area contributed by atoms with Crippen LogP contribution in [-0.2, 0) is 21.2 Å². The maximum atomic E-state index is 12.7. The fourth-order valence-corrected chi connectivity index (χ4v) is 4.11. The predicted octanol–water partition coefficient (Wildman–Crippen LogP) is 3.06. The summed E-state index contributed by atoms with van der Waals surface area (Å²) in [5.74, 6) is 0.622. The first-order valence-corrected chi connectivity index (χ1v) is 11.2. The number of carbonyl (C=O) groups excluding carboxylic acids is 1. The van der Waals surface area contributed by atoms with E-state index >= 15 is 0 Å². The van der Waals surface area contributed by atoms with Gasteiger partial charge in [0.1, 0.15) is 11.8 Å². The van der Waals surface area contributed by atoms with Gasteiger partial charge in [0.2, 0.25) is 15.9 Å². The van der Waals surface area contributed by atoms with Gasteiger partial charge in [0, 0.05) is 6.54 Å². The smallest absolute Gasteiger partial charge is 0.241 e. The zero-order valence-corrected chi connectivity index (χ0v) is 18.3. The lowest BCUT2D eigenvalue weighted by atomic mass is 10.0. The number of nitrogens with one attached hydrogen (secondary N) is 2. The molecule has 2 aromatic rings. The average Bonchev–Trinajstić information content (AvgIpc) is 2.67. The highest BCUT2D eigenvalue weighted by atomic mass is 32.2. The van der Waals surface area contributed by atoms with Crippen LogP contribution in [0, 0.1) is 12.8 Å². The Labute approximate surface area is 173 Å². The Morgan fingerprint density at radius 3 is 2.21 bits per heavy atom. The van der Waals surface area contributed by atoms with E-state index in [0.29, 0.717) is 19.4 Å². The molecule has 0 spiro atoms. The summed E-state index contributed by atoms with van der Waals surface area (Å²) < 4.78 is 33.1. The van der Waals surface area contributed by atoms with Crippen LogP contribution in [0.2, 0.25) is 0 Å². The van der Waals surface area contributed by atoms with Gasteiger partial charge in [-0.3, -0.25) is 4.79 Å². The summed E-state index contributed by atoms with van der Waals surface area (Å²) in [5, 5.41) is 2.85. The normalized spacial score (nSPS) is 12.6. The number of hydrogen-bond acceptors (Lipinski definition) is 4. The number of ether oxygens (including phenoxy) is 1. The molecule has 0 aliphatic rings. The summed E-state index contributed by atoms with van der Waals surface area (Å²) in [6.45, 7) is 6.23. The lowest BCUT2D eigenvalue weighted by molar-refractivity contribution is -0.123. The molecule has 0 radical (unpaired) electrons. The Bertz CT molecular complexity index is 891. The standard InChI is InChI=1S/C22H30N2O4S/c1-16(2)15-21(24-29(26,27)20-11-5-17(3)6-12-20)22(25)23-14-13-18-7-9-19(28-4)10-8-18/h5-12,16,21,24H,13-15H2,1-4H3,(H,23,25). The maximum Gasteiger partial charge on any atom is 0.241 e. The van der Waals surface area contributed by atoms with Gasteiger partial charge < -0.3 is 10.1 Å². The van der Waals surface area contributed by atoms with E-state index in [1.54, 1.807) is 31.4 Å². The van der Waals surface area contributed by atoms with Crippen molar-refractivity contribution in [2.24, 2.45) is 5.92 Å². The van der Waals surface area contributed by atoms with Crippen LogP contribution in [0.5, 0.6) is 5.75 Å². The molecule has 2 rings (SSSR count). The van der Waals surface area contributed by atoms with Gasteiger partial charge in [-0.15, -0.1) is 0 Å². The summed E-state index contributed by atoms with van der Waals surface area (Å²) in [7, 11) is -2.16. The molecule has 2 aromatic carbocycles. The van der Waals surface area contributed by atoms with E-state index in [9.17, 15) is 13.2 Å². The van der Waals surface area contributed by atoms with Crippen LogP contribution in [0.25, 0.3) is 0 Å². The second kappa shape index (κ2) is 10.4. The highest BCUT2D eigenvalue weighted by molar-refractivity contribution is 7.89. The van der Waals surface area contributed by atoms with Crippen molar-refractivity contribution in [3.05, 3.63) is 59.7 Å². The molecule has 0 heterocycles. The van der Waals surface area contributed by atoms with Crippen LogP contribution in [0.4, 0.5) is 0 Å². The van der Waals surface area contributed by atoms with E-state index in [2.05, 4.69) is 10.0 Å². The summed E-state index contributed by atoms with van der Waals surface area (Å²) in [6.07, 6.45) is 1.06. The lowest BCUT2D eigenvalue weighted by Gasteiger charge is -2.20. The third kappa shape index (κ3) is 7.18. The fraction of sp³-hybridized carbons (Fsp3) is 0.409. The molecule has 6 nitrogen and oxygen atoms in total. The Balaban J connectivity index is 2.00. The first-order valence-electron chi connectivity index (χ1n) is 9.71. The summed E-state index contributed by atoms with van der Waals surface area (Å²) in [5.41, 5.74) is 2.03. The van der Waals surface area contributed by atoms with Crippen molar-refractivity contribution in [3.63, 3.8) is 0 Å². The number of amides is 1. The molecule has 29 heavy (non-hydrogen) atoms. The topological polar surface area (TPSA) is 84.5 Å². The van der Waals surface area contributed by atoms with Crippen molar-refractivity contribution in [2.75, 3.05) is 13.7 Å². The molecule has 0 saturated heterocycles. The monoisotopic (exact) mass is 418 g/mol. The van der Waals surface area contributed by atoms with Gasteiger partial charge in [-0.2, -0.15) is 4.72 Å². The van der Waals surface area contributed by atoms with E-state index in [-0.39, 0.29) is 16.7 Å². The van der Waals surface area contributed by atoms with Crippen LogP contribution in [0.1, 0.15) is 31.4 Å². The molecule has 1 amide bonds. The van der Waals surface area contributed by atoms with E-state index in [4.69, 9.17) is 4.74 Å². The number of carbonyl (C=O) groups is 1.